The van der Waals surface area contributed by atoms with E-state index in [1.54, 1.807) is 23.3 Å². The fourth-order valence-corrected chi connectivity index (χ4v) is 5.83. The number of hydrogen-bond acceptors (Lipinski definition) is 4. The number of likely N-dealkylation sites (tertiary alicyclic amines) is 1. The predicted octanol–water partition coefficient (Wildman–Crippen LogP) is 2.67. The molecule has 3 aliphatic rings. The highest BCUT2D eigenvalue weighted by Gasteiger charge is 2.59. The molecule has 1 aromatic carbocycles. The molecule has 3 amide bonds. The standard InChI is InChI=1S/C21H20N2O3S/c1-22(9-14-11-27-16-5-3-2-4-15(14)16)17(24)10-23-20(25)18-12-6-7-13(8-12)19(18)21(23)26/h2-7,11-13,18-19H,8-10H2,1H3/t12-,13-,18-,19-/m0/s1. The van der Waals surface area contributed by atoms with Crippen molar-refractivity contribution >= 4 is 39.1 Å². The summed E-state index contributed by atoms with van der Waals surface area (Å²) < 4.78 is 1.19. The average Bonchev–Trinajstić information content (AvgIpc) is 3.42. The normalized spacial score (nSPS) is 28.4. The quantitative estimate of drug-likeness (QED) is 0.605. The summed E-state index contributed by atoms with van der Waals surface area (Å²) in [5.41, 5.74) is 1.09. The highest BCUT2D eigenvalue weighted by Crippen LogP contribution is 2.52. The van der Waals surface area contributed by atoms with E-state index in [0.29, 0.717) is 6.54 Å². The molecule has 2 aliphatic carbocycles. The van der Waals surface area contributed by atoms with Crippen LogP contribution in [-0.2, 0) is 20.9 Å². The van der Waals surface area contributed by atoms with Crippen molar-refractivity contribution in [2.45, 2.75) is 13.0 Å². The second-order valence-electron chi connectivity index (χ2n) is 7.77. The molecule has 2 aromatic rings. The van der Waals surface area contributed by atoms with Gasteiger partial charge in [0, 0.05) is 18.3 Å². The number of rotatable bonds is 4. The largest absolute Gasteiger partial charge is 0.340 e. The van der Waals surface area contributed by atoms with Crippen LogP contribution in [0.15, 0.2) is 41.8 Å². The number of fused-ring (bicyclic) bond motifs is 6. The first-order valence-corrected chi connectivity index (χ1v) is 10.1. The van der Waals surface area contributed by atoms with E-state index in [-0.39, 0.29) is 47.9 Å². The SMILES string of the molecule is CN(Cc1csc2ccccc12)C(=O)CN1C(=O)[C@@H]2[C@@H](C1=O)[C@H]1C=C[C@H]2C1. The Morgan fingerprint density at radius 2 is 1.81 bits per heavy atom. The van der Waals surface area contributed by atoms with E-state index < -0.39 is 0 Å². The molecular weight excluding hydrogens is 360 g/mol. The first-order chi connectivity index (χ1) is 13.0. The average molecular weight is 380 g/mol. The maximum atomic E-state index is 12.7. The highest BCUT2D eigenvalue weighted by atomic mass is 32.1. The molecule has 6 heteroatoms. The lowest BCUT2D eigenvalue weighted by Crippen LogP contribution is -2.42. The van der Waals surface area contributed by atoms with Crippen LogP contribution in [0, 0.1) is 23.7 Å². The maximum absolute atomic E-state index is 12.7. The Hall–Kier alpha value is -2.47. The van der Waals surface area contributed by atoms with Crippen molar-refractivity contribution in [2.75, 3.05) is 13.6 Å². The Bertz CT molecular complexity index is 964. The van der Waals surface area contributed by atoms with Gasteiger partial charge in [0.25, 0.3) is 0 Å². The van der Waals surface area contributed by atoms with Crippen molar-refractivity contribution in [3.63, 3.8) is 0 Å². The second-order valence-corrected chi connectivity index (χ2v) is 8.68. The van der Waals surface area contributed by atoms with E-state index in [4.69, 9.17) is 0 Å². The van der Waals surface area contributed by atoms with Crippen molar-refractivity contribution < 1.29 is 14.4 Å². The van der Waals surface area contributed by atoms with Gasteiger partial charge in [-0.1, -0.05) is 30.4 Å². The molecule has 1 aliphatic heterocycles. The van der Waals surface area contributed by atoms with Crippen LogP contribution in [0.5, 0.6) is 0 Å². The number of benzene rings is 1. The smallest absolute Gasteiger partial charge is 0.242 e. The number of thiophene rings is 1. The summed E-state index contributed by atoms with van der Waals surface area (Å²) in [6.07, 6.45) is 5.03. The molecule has 5 nitrogen and oxygen atoms in total. The van der Waals surface area contributed by atoms with Gasteiger partial charge in [-0.25, -0.2) is 0 Å². The Balaban J connectivity index is 1.29. The summed E-state index contributed by atoms with van der Waals surface area (Å²) in [4.78, 5) is 41.0. The topological polar surface area (TPSA) is 57.7 Å². The van der Waals surface area contributed by atoms with Gasteiger partial charge in [-0.05, 0) is 40.7 Å². The van der Waals surface area contributed by atoms with Gasteiger partial charge in [0.1, 0.15) is 6.54 Å². The Morgan fingerprint density at radius 1 is 1.15 bits per heavy atom. The van der Waals surface area contributed by atoms with Crippen LogP contribution in [0.1, 0.15) is 12.0 Å². The van der Waals surface area contributed by atoms with Crippen molar-refractivity contribution in [3.8, 4) is 0 Å². The van der Waals surface area contributed by atoms with Crippen molar-refractivity contribution in [2.24, 2.45) is 23.7 Å². The molecule has 4 atom stereocenters. The molecule has 138 valence electrons. The second kappa shape index (κ2) is 6.02. The summed E-state index contributed by atoms with van der Waals surface area (Å²) in [5, 5.41) is 3.21. The zero-order chi connectivity index (χ0) is 18.7. The third-order valence-corrected chi connectivity index (χ3v) is 7.26. The van der Waals surface area contributed by atoms with Gasteiger partial charge in [0.05, 0.1) is 11.8 Å². The molecule has 5 rings (SSSR count). The van der Waals surface area contributed by atoms with Gasteiger partial charge in [0.2, 0.25) is 17.7 Å². The van der Waals surface area contributed by atoms with Crippen LogP contribution < -0.4 is 0 Å². The van der Waals surface area contributed by atoms with Crippen LogP contribution in [0.25, 0.3) is 10.1 Å². The summed E-state index contributed by atoms with van der Waals surface area (Å²) in [7, 11) is 1.73. The third-order valence-electron chi connectivity index (χ3n) is 6.25. The fraction of sp³-hybridized carbons (Fsp3) is 0.381. The number of imide groups is 1. The fourth-order valence-electron chi connectivity index (χ4n) is 4.87. The van der Waals surface area contributed by atoms with Crippen LogP contribution in [0.4, 0.5) is 0 Å². The Labute approximate surface area is 161 Å². The molecule has 1 saturated carbocycles. The van der Waals surface area contributed by atoms with E-state index >= 15 is 0 Å². The molecule has 0 spiro atoms. The Kier molecular flexibility index (Phi) is 3.72. The zero-order valence-corrected chi connectivity index (χ0v) is 15.8. The minimum Gasteiger partial charge on any atom is -0.340 e. The van der Waals surface area contributed by atoms with E-state index in [2.05, 4.69) is 29.7 Å². The number of allylic oxidation sites excluding steroid dienone is 2. The molecule has 2 bridgehead atoms. The minimum absolute atomic E-state index is 0.150. The van der Waals surface area contributed by atoms with Gasteiger partial charge >= 0.3 is 0 Å². The molecule has 2 heterocycles. The van der Waals surface area contributed by atoms with Crippen molar-refractivity contribution in [1.29, 1.82) is 0 Å². The van der Waals surface area contributed by atoms with E-state index in [1.165, 1.54) is 9.60 Å². The molecule has 27 heavy (non-hydrogen) atoms. The van der Waals surface area contributed by atoms with E-state index in [1.807, 2.05) is 12.1 Å². The molecule has 0 N–H and O–H groups in total. The first kappa shape index (κ1) is 16.7. The lowest BCUT2D eigenvalue weighted by molar-refractivity contribution is -0.146. The zero-order valence-electron chi connectivity index (χ0n) is 15.0. The number of carbonyl (C=O) groups excluding carboxylic acids is 3. The number of hydrogen-bond donors (Lipinski definition) is 0. The monoisotopic (exact) mass is 380 g/mol. The lowest BCUT2D eigenvalue weighted by Gasteiger charge is -2.22. The maximum Gasteiger partial charge on any atom is 0.242 e. The molecule has 1 aromatic heterocycles. The van der Waals surface area contributed by atoms with Gasteiger partial charge < -0.3 is 4.90 Å². The molecular formula is C21H20N2O3S. The van der Waals surface area contributed by atoms with Gasteiger partial charge in [-0.3, -0.25) is 19.3 Å². The van der Waals surface area contributed by atoms with Gasteiger partial charge in [-0.15, -0.1) is 11.3 Å². The third kappa shape index (κ3) is 2.46. The summed E-state index contributed by atoms with van der Waals surface area (Å²) in [5.74, 6) is -0.669. The van der Waals surface area contributed by atoms with E-state index in [0.717, 1.165) is 17.4 Å². The first-order valence-electron chi connectivity index (χ1n) is 9.27. The van der Waals surface area contributed by atoms with Crippen LogP contribution in [0.3, 0.4) is 0 Å². The summed E-state index contributed by atoms with van der Waals surface area (Å²) in [6, 6.07) is 8.11. The lowest BCUT2D eigenvalue weighted by atomic mass is 9.85. The van der Waals surface area contributed by atoms with Crippen LogP contribution >= 0.6 is 11.3 Å². The van der Waals surface area contributed by atoms with Crippen LogP contribution in [-0.4, -0.2) is 41.1 Å². The van der Waals surface area contributed by atoms with Crippen molar-refractivity contribution in [1.82, 2.24) is 9.80 Å². The predicted molar refractivity (Wildman–Crippen MR) is 103 cm³/mol. The van der Waals surface area contributed by atoms with Crippen molar-refractivity contribution in [3.05, 3.63) is 47.4 Å². The number of nitrogens with zero attached hydrogens (tertiary/aromatic N) is 2. The minimum atomic E-state index is -0.244. The van der Waals surface area contributed by atoms with Gasteiger partial charge in [0.15, 0.2) is 0 Å². The number of carbonyl (C=O) groups is 3. The summed E-state index contributed by atoms with van der Waals surface area (Å²) in [6.45, 7) is 0.321. The van der Waals surface area contributed by atoms with E-state index in [9.17, 15) is 14.4 Å². The van der Waals surface area contributed by atoms with Crippen LogP contribution in [0.2, 0.25) is 0 Å². The molecule has 1 saturated heterocycles. The molecule has 2 fully saturated rings. The Morgan fingerprint density at radius 3 is 2.52 bits per heavy atom. The highest BCUT2D eigenvalue weighted by molar-refractivity contribution is 7.17. The molecule has 0 radical (unpaired) electrons. The number of likely N-dealkylation sites (N-methyl/N-ethyl adjacent to an activating group) is 1. The molecule has 0 unspecified atom stereocenters. The number of amides is 3. The summed E-state index contributed by atoms with van der Waals surface area (Å²) >= 11 is 1.66. The van der Waals surface area contributed by atoms with Gasteiger partial charge in [-0.2, -0.15) is 0 Å².